The first-order chi connectivity index (χ1) is 13.7. The first-order valence-electron chi connectivity index (χ1n) is 10.4. The quantitative estimate of drug-likeness (QED) is 0.701. The highest BCUT2D eigenvalue weighted by atomic mass is 15.3. The molecule has 0 N–H and O–H groups in total. The fourth-order valence-corrected chi connectivity index (χ4v) is 4.78. The number of rotatable bonds is 4. The Morgan fingerprint density at radius 2 is 2.07 bits per heavy atom. The largest absolute Gasteiger partial charge is 0.315 e. The molecule has 1 fully saturated rings. The molecule has 0 spiro atoms. The minimum atomic E-state index is 0.500. The number of nitrogens with zero attached hydrogens (tertiary/aromatic N) is 6. The van der Waals surface area contributed by atoms with Crippen LogP contribution in [0, 0.1) is 6.92 Å². The molecule has 2 aliphatic heterocycles. The molecule has 0 amide bonds. The van der Waals surface area contributed by atoms with Crippen LogP contribution in [0.2, 0.25) is 0 Å². The summed E-state index contributed by atoms with van der Waals surface area (Å²) in [5.41, 5.74) is 5.17. The number of hydrogen-bond acceptors (Lipinski definition) is 4. The Balaban J connectivity index is 1.37. The van der Waals surface area contributed by atoms with E-state index in [1.807, 2.05) is 17.9 Å². The zero-order chi connectivity index (χ0) is 19.1. The maximum Gasteiger partial charge on any atom is 0.137 e. The second-order valence-electron chi connectivity index (χ2n) is 8.37. The summed E-state index contributed by atoms with van der Waals surface area (Å²) < 4.78 is 4.26. The van der Waals surface area contributed by atoms with E-state index in [0.717, 1.165) is 32.6 Å². The van der Waals surface area contributed by atoms with E-state index in [-0.39, 0.29) is 0 Å². The molecule has 0 bridgehead atoms. The van der Waals surface area contributed by atoms with Gasteiger partial charge in [0.1, 0.15) is 11.6 Å². The molecule has 1 aromatic carbocycles. The van der Waals surface area contributed by atoms with E-state index in [0.29, 0.717) is 5.92 Å². The third-order valence-electron chi connectivity index (χ3n) is 6.18. The molecule has 2 aliphatic rings. The summed E-state index contributed by atoms with van der Waals surface area (Å²) in [5, 5.41) is 13.4. The van der Waals surface area contributed by atoms with Crippen molar-refractivity contribution < 1.29 is 0 Å². The van der Waals surface area contributed by atoms with Gasteiger partial charge in [0.15, 0.2) is 0 Å². The molecule has 0 saturated carbocycles. The van der Waals surface area contributed by atoms with E-state index >= 15 is 0 Å². The van der Waals surface area contributed by atoms with Crippen LogP contribution in [0.1, 0.15) is 48.0 Å². The van der Waals surface area contributed by atoms with Crippen molar-refractivity contribution in [3.63, 3.8) is 0 Å². The lowest BCUT2D eigenvalue weighted by Gasteiger charge is -2.32. The molecule has 6 heteroatoms. The minimum Gasteiger partial charge on any atom is -0.315 e. The summed E-state index contributed by atoms with van der Waals surface area (Å²) in [6.07, 6.45) is 8.82. The Morgan fingerprint density at radius 1 is 1.14 bits per heavy atom. The van der Waals surface area contributed by atoms with Crippen LogP contribution in [0.4, 0.5) is 0 Å². The molecule has 0 aliphatic carbocycles. The average molecular weight is 377 g/mol. The van der Waals surface area contributed by atoms with Crippen molar-refractivity contribution in [3.05, 3.63) is 53.4 Å². The maximum atomic E-state index is 4.56. The Morgan fingerprint density at radius 3 is 2.93 bits per heavy atom. The van der Waals surface area contributed by atoms with Crippen molar-refractivity contribution in [1.29, 1.82) is 0 Å². The van der Waals surface area contributed by atoms with Crippen LogP contribution in [0.3, 0.4) is 0 Å². The second-order valence-corrected chi connectivity index (χ2v) is 8.37. The van der Waals surface area contributed by atoms with Crippen LogP contribution in [0.5, 0.6) is 0 Å². The predicted molar refractivity (Wildman–Crippen MR) is 109 cm³/mol. The van der Waals surface area contributed by atoms with Gasteiger partial charge < -0.3 is 4.57 Å². The third kappa shape index (κ3) is 3.26. The molecule has 1 atom stereocenters. The Bertz CT molecular complexity index is 985. The highest BCUT2D eigenvalue weighted by Crippen LogP contribution is 2.31. The lowest BCUT2D eigenvalue weighted by Crippen LogP contribution is -2.35. The van der Waals surface area contributed by atoms with Crippen LogP contribution in [-0.4, -0.2) is 42.5 Å². The molecule has 1 unspecified atom stereocenters. The van der Waals surface area contributed by atoms with Crippen molar-refractivity contribution in [3.8, 4) is 11.1 Å². The molecule has 146 valence electrons. The van der Waals surface area contributed by atoms with Crippen LogP contribution < -0.4 is 0 Å². The van der Waals surface area contributed by atoms with Gasteiger partial charge in [-0.1, -0.05) is 23.8 Å². The average Bonchev–Trinajstić information content (AvgIpc) is 3.40. The van der Waals surface area contributed by atoms with Crippen molar-refractivity contribution in [1.82, 2.24) is 29.4 Å². The number of aromatic nitrogens is 5. The molecule has 6 nitrogen and oxygen atoms in total. The molecule has 2 aromatic heterocycles. The van der Waals surface area contributed by atoms with E-state index in [2.05, 4.69) is 56.1 Å². The topological polar surface area (TPSA) is 51.8 Å². The van der Waals surface area contributed by atoms with Gasteiger partial charge >= 0.3 is 0 Å². The summed E-state index contributed by atoms with van der Waals surface area (Å²) in [6, 6.07) is 6.80. The van der Waals surface area contributed by atoms with Gasteiger partial charge in [-0.15, -0.1) is 10.2 Å². The van der Waals surface area contributed by atoms with Crippen molar-refractivity contribution >= 4 is 0 Å². The van der Waals surface area contributed by atoms with Crippen LogP contribution in [-0.2, 0) is 26.6 Å². The fraction of sp³-hybridized carbons (Fsp3) is 0.500. The Kier molecular flexibility index (Phi) is 4.51. The smallest absolute Gasteiger partial charge is 0.137 e. The lowest BCUT2D eigenvalue weighted by atomic mass is 9.95. The number of piperidine rings is 1. The molecule has 28 heavy (non-hydrogen) atoms. The number of hydrogen-bond donors (Lipinski definition) is 0. The molecule has 3 aromatic rings. The number of benzene rings is 1. The van der Waals surface area contributed by atoms with E-state index in [1.165, 1.54) is 53.2 Å². The second kappa shape index (κ2) is 7.17. The molecular weight excluding hydrogens is 348 g/mol. The Labute approximate surface area is 166 Å². The number of likely N-dealkylation sites (tertiary alicyclic amines) is 1. The van der Waals surface area contributed by atoms with Crippen LogP contribution in [0.15, 0.2) is 30.6 Å². The highest BCUT2D eigenvalue weighted by molar-refractivity contribution is 5.66. The maximum absolute atomic E-state index is 4.56. The minimum absolute atomic E-state index is 0.500. The van der Waals surface area contributed by atoms with Gasteiger partial charge in [-0.05, 0) is 43.9 Å². The Hall–Kier alpha value is -2.47. The van der Waals surface area contributed by atoms with Gasteiger partial charge in [0, 0.05) is 50.8 Å². The van der Waals surface area contributed by atoms with Crippen LogP contribution >= 0.6 is 0 Å². The van der Waals surface area contributed by atoms with E-state index in [1.54, 1.807) is 0 Å². The molecule has 0 radical (unpaired) electrons. The van der Waals surface area contributed by atoms with Crippen molar-refractivity contribution in [2.75, 3.05) is 13.1 Å². The first-order valence-corrected chi connectivity index (χ1v) is 10.4. The fourth-order valence-electron chi connectivity index (χ4n) is 4.78. The van der Waals surface area contributed by atoms with Crippen LogP contribution in [0.25, 0.3) is 11.1 Å². The predicted octanol–water partition coefficient (Wildman–Crippen LogP) is 3.31. The lowest BCUT2D eigenvalue weighted by molar-refractivity contribution is 0.195. The van der Waals surface area contributed by atoms with Gasteiger partial charge in [-0.25, -0.2) is 0 Å². The van der Waals surface area contributed by atoms with E-state index in [4.69, 9.17) is 0 Å². The van der Waals surface area contributed by atoms with Crippen molar-refractivity contribution in [2.24, 2.45) is 7.05 Å². The highest BCUT2D eigenvalue weighted by Gasteiger charge is 2.28. The monoisotopic (exact) mass is 376 g/mol. The zero-order valence-corrected chi connectivity index (χ0v) is 16.8. The summed E-state index contributed by atoms with van der Waals surface area (Å²) in [6.45, 7) is 6.45. The standard InChI is InChI=1S/C22H28N6/c1-16-7-8-17(20(11-16)19-12-23-26(2)13-19)14-27-9-3-5-18(15-27)22-25-24-21-6-4-10-28(21)22/h7-8,11-13,18H,3-6,9-10,14-15H2,1-2H3. The molecule has 4 heterocycles. The third-order valence-corrected chi connectivity index (χ3v) is 6.18. The van der Waals surface area contributed by atoms with Gasteiger partial charge in [-0.3, -0.25) is 9.58 Å². The molecule has 5 rings (SSSR count). The van der Waals surface area contributed by atoms with Gasteiger partial charge in [-0.2, -0.15) is 5.10 Å². The first kappa shape index (κ1) is 17.6. The van der Waals surface area contributed by atoms with E-state index in [9.17, 15) is 0 Å². The summed E-state index contributed by atoms with van der Waals surface area (Å²) in [4.78, 5) is 2.59. The van der Waals surface area contributed by atoms with Gasteiger partial charge in [0.2, 0.25) is 0 Å². The van der Waals surface area contributed by atoms with Gasteiger partial charge in [0.25, 0.3) is 0 Å². The zero-order valence-electron chi connectivity index (χ0n) is 16.8. The molecule has 1 saturated heterocycles. The normalized spacial score (nSPS) is 19.9. The SMILES string of the molecule is Cc1ccc(CN2CCCC(c3nnc4n3CCC4)C2)c(-c2cnn(C)c2)c1. The summed E-state index contributed by atoms with van der Waals surface area (Å²) in [7, 11) is 1.98. The number of aryl methyl sites for hydroxylation is 3. The molecular formula is C22H28N6. The van der Waals surface area contributed by atoms with Gasteiger partial charge in [0.05, 0.1) is 6.20 Å². The summed E-state index contributed by atoms with van der Waals surface area (Å²) >= 11 is 0. The van der Waals surface area contributed by atoms with E-state index < -0.39 is 0 Å². The van der Waals surface area contributed by atoms with Crippen molar-refractivity contribution in [2.45, 2.75) is 51.6 Å². The summed E-state index contributed by atoms with van der Waals surface area (Å²) in [5.74, 6) is 2.90. The number of fused-ring (bicyclic) bond motifs is 1.